The van der Waals surface area contributed by atoms with Gasteiger partial charge in [-0.2, -0.15) is 0 Å². The third-order valence-electron chi connectivity index (χ3n) is 4.35. The molecular weight excluding hydrogens is 429 g/mol. The first-order valence-electron chi connectivity index (χ1n) is 8.39. The van der Waals surface area contributed by atoms with Crippen LogP contribution < -0.4 is 9.64 Å². The minimum absolute atomic E-state index is 0.0482. The highest BCUT2D eigenvalue weighted by atomic mass is 35.5. The molecule has 10 heteroatoms. The van der Waals surface area contributed by atoms with Crippen molar-refractivity contribution in [1.29, 1.82) is 0 Å². The van der Waals surface area contributed by atoms with Crippen LogP contribution in [0.1, 0.15) is 0 Å². The predicted octanol–water partition coefficient (Wildman–Crippen LogP) is 4.28. The summed E-state index contributed by atoms with van der Waals surface area (Å²) in [5.74, 6) is 0.200. The van der Waals surface area contributed by atoms with Crippen molar-refractivity contribution in [2.75, 3.05) is 37.7 Å². The summed E-state index contributed by atoms with van der Waals surface area (Å²) < 4.78 is 5.48. The monoisotopic (exact) mass is 443 g/mol. The van der Waals surface area contributed by atoms with Gasteiger partial charge in [0.25, 0.3) is 11.6 Å². The molecule has 2 aromatic rings. The maximum Gasteiger partial charge on any atom is 0.294 e. The molecule has 2 aromatic carbocycles. The molecule has 1 fully saturated rings. The lowest BCUT2D eigenvalue weighted by molar-refractivity contribution is -0.384. The number of nitro benzene ring substituents is 1. The molecule has 148 valence electrons. The third kappa shape index (κ3) is 4.79. The largest absolute Gasteiger partial charge is 0.482 e. The Balaban J connectivity index is 1.58. The fourth-order valence-corrected chi connectivity index (χ4v) is 3.56. The molecule has 1 aliphatic heterocycles. The lowest BCUT2D eigenvalue weighted by Gasteiger charge is -2.35. The number of ether oxygens (including phenoxy) is 1. The number of halogens is 3. The van der Waals surface area contributed by atoms with Crippen LogP contribution in [0.25, 0.3) is 0 Å². The second-order valence-electron chi connectivity index (χ2n) is 6.12. The maximum atomic E-state index is 12.4. The van der Waals surface area contributed by atoms with Gasteiger partial charge in [-0.05, 0) is 30.3 Å². The number of hydrogen-bond donors (Lipinski definition) is 0. The van der Waals surface area contributed by atoms with Crippen LogP contribution in [0.3, 0.4) is 0 Å². The van der Waals surface area contributed by atoms with Crippen molar-refractivity contribution in [3.63, 3.8) is 0 Å². The average molecular weight is 445 g/mol. The first kappa shape index (κ1) is 20.5. The smallest absolute Gasteiger partial charge is 0.294 e. The lowest BCUT2D eigenvalue weighted by Crippen LogP contribution is -2.50. The van der Waals surface area contributed by atoms with Crippen LogP contribution in [0.15, 0.2) is 36.4 Å². The summed E-state index contributed by atoms with van der Waals surface area (Å²) in [7, 11) is 0. The molecule has 0 radical (unpaired) electrons. The zero-order valence-electron chi connectivity index (χ0n) is 14.6. The normalized spacial score (nSPS) is 14.1. The number of carbonyl (C=O) groups is 1. The van der Waals surface area contributed by atoms with Gasteiger partial charge in [0.2, 0.25) is 0 Å². The van der Waals surface area contributed by atoms with E-state index in [4.69, 9.17) is 39.5 Å². The lowest BCUT2D eigenvalue weighted by atomic mass is 10.2. The minimum Gasteiger partial charge on any atom is -0.482 e. The molecule has 1 amide bonds. The van der Waals surface area contributed by atoms with Crippen LogP contribution in [-0.2, 0) is 4.79 Å². The number of benzene rings is 2. The molecule has 7 nitrogen and oxygen atoms in total. The summed E-state index contributed by atoms with van der Waals surface area (Å²) in [6.45, 7) is 1.64. The van der Waals surface area contributed by atoms with Crippen molar-refractivity contribution >= 4 is 52.1 Å². The van der Waals surface area contributed by atoms with E-state index < -0.39 is 4.92 Å². The van der Waals surface area contributed by atoms with E-state index in [2.05, 4.69) is 0 Å². The molecule has 28 heavy (non-hydrogen) atoms. The molecule has 1 heterocycles. The number of piperazine rings is 1. The molecule has 3 rings (SSSR count). The molecule has 0 bridgehead atoms. The van der Waals surface area contributed by atoms with E-state index in [0.29, 0.717) is 52.7 Å². The summed E-state index contributed by atoms with van der Waals surface area (Å²) >= 11 is 17.7. The van der Waals surface area contributed by atoms with Gasteiger partial charge in [-0.3, -0.25) is 14.9 Å². The fraction of sp³-hybridized carbons (Fsp3) is 0.278. The SMILES string of the molecule is O=C(COc1ccc(Cl)cc1Cl)N1CCN(c2ccc(Cl)cc2[N+](=O)[O-])CC1. The van der Waals surface area contributed by atoms with E-state index >= 15 is 0 Å². The number of nitro groups is 1. The fourth-order valence-electron chi connectivity index (χ4n) is 2.93. The van der Waals surface area contributed by atoms with Gasteiger partial charge in [-0.25, -0.2) is 0 Å². The summed E-state index contributed by atoms with van der Waals surface area (Å²) in [6, 6.07) is 9.36. The van der Waals surface area contributed by atoms with Gasteiger partial charge in [0.1, 0.15) is 11.4 Å². The van der Waals surface area contributed by atoms with Crippen LogP contribution in [0.4, 0.5) is 11.4 Å². The minimum atomic E-state index is -0.456. The van der Waals surface area contributed by atoms with Crippen molar-refractivity contribution < 1.29 is 14.5 Å². The second-order valence-corrected chi connectivity index (χ2v) is 7.40. The van der Waals surface area contributed by atoms with Crippen molar-refractivity contribution in [2.24, 2.45) is 0 Å². The molecule has 0 aliphatic carbocycles. The molecule has 1 saturated heterocycles. The molecule has 0 aromatic heterocycles. The number of rotatable bonds is 5. The van der Waals surface area contributed by atoms with E-state index in [1.54, 1.807) is 35.2 Å². The predicted molar refractivity (Wildman–Crippen MR) is 109 cm³/mol. The highest BCUT2D eigenvalue weighted by Crippen LogP contribution is 2.32. The Morgan fingerprint density at radius 1 is 1.04 bits per heavy atom. The van der Waals surface area contributed by atoms with E-state index in [9.17, 15) is 14.9 Å². The highest BCUT2D eigenvalue weighted by molar-refractivity contribution is 6.35. The summed E-state index contributed by atoms with van der Waals surface area (Å²) in [4.78, 5) is 26.7. The second kappa shape index (κ2) is 8.86. The van der Waals surface area contributed by atoms with Gasteiger partial charge < -0.3 is 14.5 Å². The maximum absolute atomic E-state index is 12.4. The molecular formula is C18H16Cl3N3O4. The zero-order chi connectivity index (χ0) is 20.3. The molecule has 0 unspecified atom stereocenters. The number of anilines is 1. The Morgan fingerprint density at radius 2 is 1.68 bits per heavy atom. The number of carbonyl (C=O) groups excluding carboxylic acids is 1. The zero-order valence-corrected chi connectivity index (χ0v) is 16.9. The average Bonchev–Trinajstić information content (AvgIpc) is 2.67. The number of hydrogen-bond acceptors (Lipinski definition) is 5. The van der Waals surface area contributed by atoms with Crippen molar-refractivity contribution in [2.45, 2.75) is 0 Å². The molecule has 0 spiro atoms. The third-order valence-corrected chi connectivity index (χ3v) is 5.12. The molecule has 0 N–H and O–H groups in total. The Kier molecular flexibility index (Phi) is 6.49. The van der Waals surface area contributed by atoms with Crippen LogP contribution in [0, 0.1) is 10.1 Å². The topological polar surface area (TPSA) is 75.9 Å². The van der Waals surface area contributed by atoms with Crippen LogP contribution in [0.5, 0.6) is 5.75 Å². The van der Waals surface area contributed by atoms with E-state index in [1.807, 2.05) is 4.90 Å². The van der Waals surface area contributed by atoms with Gasteiger partial charge in [0, 0.05) is 42.3 Å². The quantitative estimate of drug-likeness (QED) is 0.508. The van der Waals surface area contributed by atoms with E-state index in [1.165, 1.54) is 6.07 Å². The van der Waals surface area contributed by atoms with Crippen molar-refractivity contribution in [3.05, 3.63) is 61.6 Å². The highest BCUT2D eigenvalue weighted by Gasteiger charge is 2.26. The Morgan fingerprint density at radius 3 is 2.32 bits per heavy atom. The van der Waals surface area contributed by atoms with Gasteiger partial charge >= 0.3 is 0 Å². The molecule has 0 atom stereocenters. The Hall–Kier alpha value is -2.22. The summed E-state index contributed by atoms with van der Waals surface area (Å²) in [5.41, 5.74) is 0.443. The van der Waals surface area contributed by atoms with Gasteiger partial charge in [-0.1, -0.05) is 34.8 Å². The van der Waals surface area contributed by atoms with Crippen LogP contribution in [-0.4, -0.2) is 48.5 Å². The van der Waals surface area contributed by atoms with Gasteiger partial charge in [0.05, 0.1) is 9.95 Å². The van der Waals surface area contributed by atoms with E-state index in [-0.39, 0.29) is 18.2 Å². The molecule has 0 saturated carbocycles. The Labute approximate surface area is 176 Å². The first-order chi connectivity index (χ1) is 13.3. The number of nitrogens with zero attached hydrogens (tertiary/aromatic N) is 3. The van der Waals surface area contributed by atoms with Crippen molar-refractivity contribution in [3.8, 4) is 5.75 Å². The number of amides is 1. The summed E-state index contributed by atoms with van der Waals surface area (Å²) in [5, 5.41) is 12.4. The first-order valence-corrected chi connectivity index (χ1v) is 9.53. The Bertz CT molecular complexity index is 902. The van der Waals surface area contributed by atoms with Crippen LogP contribution in [0.2, 0.25) is 15.1 Å². The van der Waals surface area contributed by atoms with Gasteiger partial charge in [0.15, 0.2) is 6.61 Å². The summed E-state index contributed by atoms with van der Waals surface area (Å²) in [6.07, 6.45) is 0. The molecule has 1 aliphatic rings. The van der Waals surface area contributed by atoms with Crippen molar-refractivity contribution in [1.82, 2.24) is 4.90 Å². The standard InChI is InChI=1S/C18H16Cl3N3O4/c19-12-2-4-17(14(21)9-12)28-11-18(25)23-7-5-22(6-8-23)15-3-1-13(20)10-16(15)24(26)27/h1-4,9-10H,5-8,11H2. The van der Waals surface area contributed by atoms with Crippen LogP contribution >= 0.6 is 34.8 Å². The van der Waals surface area contributed by atoms with Gasteiger partial charge in [-0.15, -0.1) is 0 Å². The van der Waals surface area contributed by atoms with E-state index in [0.717, 1.165) is 0 Å².